The lowest BCUT2D eigenvalue weighted by molar-refractivity contribution is 0.0689. The van der Waals surface area contributed by atoms with Crippen molar-refractivity contribution in [1.29, 1.82) is 0 Å². The Kier molecular flexibility index (Phi) is 4.59. The minimum atomic E-state index is -0.0614. The molecule has 1 aliphatic rings. The molecule has 1 aromatic carbocycles. The largest absolute Gasteiger partial charge is 0.333 e. The molecule has 0 bridgehead atoms. The Hall–Kier alpha value is -2.47. The van der Waals surface area contributed by atoms with E-state index in [0.717, 1.165) is 35.8 Å². The molecule has 0 N–H and O–H groups in total. The minimum absolute atomic E-state index is 0.0614. The zero-order valence-electron chi connectivity index (χ0n) is 15.0. The van der Waals surface area contributed by atoms with Crippen LogP contribution in [0.4, 0.5) is 0 Å². The van der Waals surface area contributed by atoms with Crippen molar-refractivity contribution in [2.45, 2.75) is 32.7 Å². The van der Waals surface area contributed by atoms with E-state index in [1.165, 1.54) is 0 Å². The van der Waals surface area contributed by atoms with Crippen molar-refractivity contribution in [1.82, 2.24) is 19.7 Å². The Morgan fingerprint density at radius 3 is 2.69 bits per heavy atom. The monoisotopic (exact) mass is 366 g/mol. The Balaban J connectivity index is 1.75. The molecule has 0 unspecified atom stereocenters. The van der Waals surface area contributed by atoms with Crippen molar-refractivity contribution in [2.75, 3.05) is 6.54 Å². The van der Waals surface area contributed by atoms with E-state index in [9.17, 15) is 4.79 Å². The maximum atomic E-state index is 13.1. The van der Waals surface area contributed by atoms with Crippen LogP contribution in [0.1, 0.15) is 37.3 Å². The van der Waals surface area contributed by atoms with Gasteiger partial charge >= 0.3 is 0 Å². The highest BCUT2D eigenvalue weighted by atomic mass is 32.1. The number of thiophene rings is 1. The summed E-state index contributed by atoms with van der Waals surface area (Å²) >= 11 is 1.60. The van der Waals surface area contributed by atoms with Gasteiger partial charge in [0.1, 0.15) is 0 Å². The molecule has 26 heavy (non-hydrogen) atoms. The second-order valence-corrected chi connectivity index (χ2v) is 7.88. The van der Waals surface area contributed by atoms with Gasteiger partial charge in [-0.15, -0.1) is 16.4 Å². The fraction of sp³-hybridized carbons (Fsp3) is 0.350. The molecule has 3 aromatic rings. The van der Waals surface area contributed by atoms with Gasteiger partial charge in [-0.25, -0.2) is 9.67 Å². The SMILES string of the molecule is CC(C)[C@@H]1CCCN1C(=O)c1nc(-c2cccs2)n(-c2ccccc2)n1. The maximum absolute atomic E-state index is 13.1. The van der Waals surface area contributed by atoms with E-state index in [1.807, 2.05) is 52.7 Å². The average Bonchev–Trinajstić information content (AvgIpc) is 3.41. The first-order chi connectivity index (χ1) is 12.6. The third kappa shape index (κ3) is 3.05. The van der Waals surface area contributed by atoms with Gasteiger partial charge in [0.05, 0.1) is 10.6 Å². The summed E-state index contributed by atoms with van der Waals surface area (Å²) in [6.45, 7) is 5.13. The number of hydrogen-bond acceptors (Lipinski definition) is 4. The Labute approximate surface area is 157 Å². The predicted octanol–water partition coefficient (Wildman–Crippen LogP) is 4.26. The number of carbonyl (C=O) groups excluding carboxylic acids is 1. The number of carbonyl (C=O) groups is 1. The predicted molar refractivity (Wildman–Crippen MR) is 104 cm³/mol. The van der Waals surface area contributed by atoms with Crippen LogP contribution in [-0.2, 0) is 0 Å². The molecule has 1 saturated heterocycles. The van der Waals surface area contributed by atoms with Gasteiger partial charge in [-0.05, 0) is 42.3 Å². The molecule has 0 spiro atoms. The molecule has 5 nitrogen and oxygen atoms in total. The second kappa shape index (κ2) is 7.03. The fourth-order valence-corrected chi connectivity index (χ4v) is 4.28. The summed E-state index contributed by atoms with van der Waals surface area (Å²) in [6.07, 6.45) is 2.10. The van der Waals surface area contributed by atoms with Gasteiger partial charge in [-0.2, -0.15) is 0 Å². The third-order valence-electron chi connectivity index (χ3n) is 4.87. The van der Waals surface area contributed by atoms with Crippen LogP contribution >= 0.6 is 11.3 Å². The molecular formula is C20H22N4OS. The fourth-order valence-electron chi connectivity index (χ4n) is 3.58. The van der Waals surface area contributed by atoms with Crippen LogP contribution < -0.4 is 0 Å². The zero-order valence-corrected chi connectivity index (χ0v) is 15.8. The number of para-hydroxylation sites is 1. The van der Waals surface area contributed by atoms with E-state index in [4.69, 9.17) is 0 Å². The van der Waals surface area contributed by atoms with Crippen LogP contribution in [0, 0.1) is 5.92 Å². The summed E-state index contributed by atoms with van der Waals surface area (Å²) in [4.78, 5) is 20.7. The van der Waals surface area contributed by atoms with Crippen molar-refractivity contribution in [3.05, 3.63) is 53.7 Å². The van der Waals surface area contributed by atoms with Crippen molar-refractivity contribution >= 4 is 17.2 Å². The van der Waals surface area contributed by atoms with E-state index in [1.54, 1.807) is 16.0 Å². The highest BCUT2D eigenvalue weighted by molar-refractivity contribution is 7.13. The zero-order chi connectivity index (χ0) is 18.1. The summed E-state index contributed by atoms with van der Waals surface area (Å²) in [7, 11) is 0. The minimum Gasteiger partial charge on any atom is -0.333 e. The van der Waals surface area contributed by atoms with E-state index >= 15 is 0 Å². The van der Waals surface area contributed by atoms with Gasteiger partial charge in [0.15, 0.2) is 5.82 Å². The van der Waals surface area contributed by atoms with E-state index < -0.39 is 0 Å². The van der Waals surface area contributed by atoms with E-state index in [-0.39, 0.29) is 17.8 Å². The lowest BCUT2D eigenvalue weighted by atomic mass is 10.0. The molecule has 0 radical (unpaired) electrons. The standard InChI is InChI=1S/C20H22N4OS/c1-14(2)16-10-6-12-23(16)20(25)18-21-19(17-11-7-13-26-17)24(22-18)15-8-4-3-5-9-15/h3-5,7-9,11,13-14,16H,6,10,12H2,1-2H3/t16-/m0/s1. The van der Waals surface area contributed by atoms with Gasteiger partial charge in [0.2, 0.25) is 5.82 Å². The Morgan fingerprint density at radius 1 is 1.19 bits per heavy atom. The second-order valence-electron chi connectivity index (χ2n) is 6.94. The first-order valence-electron chi connectivity index (χ1n) is 9.02. The molecule has 134 valence electrons. The summed E-state index contributed by atoms with van der Waals surface area (Å²) in [5, 5.41) is 6.61. The third-order valence-corrected chi connectivity index (χ3v) is 5.74. The topological polar surface area (TPSA) is 51.0 Å². The first kappa shape index (κ1) is 17.0. The summed E-state index contributed by atoms with van der Waals surface area (Å²) in [5.74, 6) is 1.38. The molecule has 1 amide bonds. The molecule has 0 saturated carbocycles. The number of aromatic nitrogens is 3. The Bertz CT molecular complexity index is 886. The van der Waals surface area contributed by atoms with Crippen molar-refractivity contribution in [3.8, 4) is 16.4 Å². The molecule has 4 rings (SSSR count). The quantitative estimate of drug-likeness (QED) is 0.693. The lowest BCUT2D eigenvalue weighted by Gasteiger charge is -2.26. The van der Waals surface area contributed by atoms with Gasteiger partial charge in [0.25, 0.3) is 5.91 Å². The molecule has 0 aliphatic carbocycles. The van der Waals surface area contributed by atoms with Crippen molar-refractivity contribution < 1.29 is 4.79 Å². The van der Waals surface area contributed by atoms with Gasteiger partial charge < -0.3 is 4.90 Å². The number of nitrogens with zero attached hydrogens (tertiary/aromatic N) is 4. The van der Waals surface area contributed by atoms with Crippen LogP contribution in [0.2, 0.25) is 0 Å². The van der Waals surface area contributed by atoms with Crippen LogP contribution in [0.3, 0.4) is 0 Å². The van der Waals surface area contributed by atoms with Gasteiger partial charge in [-0.3, -0.25) is 4.79 Å². The van der Waals surface area contributed by atoms with Crippen molar-refractivity contribution in [3.63, 3.8) is 0 Å². The highest BCUT2D eigenvalue weighted by Crippen LogP contribution is 2.28. The molecule has 1 atom stereocenters. The average molecular weight is 366 g/mol. The molecular weight excluding hydrogens is 344 g/mol. The molecule has 1 aliphatic heterocycles. The molecule has 2 aromatic heterocycles. The summed E-state index contributed by atoms with van der Waals surface area (Å²) in [6, 6.07) is 14.1. The number of likely N-dealkylation sites (tertiary alicyclic amines) is 1. The van der Waals surface area contributed by atoms with Gasteiger partial charge in [-0.1, -0.05) is 38.1 Å². The summed E-state index contributed by atoms with van der Waals surface area (Å²) in [5.41, 5.74) is 0.907. The van der Waals surface area contributed by atoms with E-state index in [0.29, 0.717) is 5.92 Å². The number of benzene rings is 1. The van der Waals surface area contributed by atoms with Crippen LogP contribution in [0.5, 0.6) is 0 Å². The normalized spacial score (nSPS) is 17.2. The highest BCUT2D eigenvalue weighted by Gasteiger charge is 2.33. The van der Waals surface area contributed by atoms with E-state index in [2.05, 4.69) is 23.9 Å². The van der Waals surface area contributed by atoms with Crippen molar-refractivity contribution in [2.24, 2.45) is 5.92 Å². The molecule has 1 fully saturated rings. The lowest BCUT2D eigenvalue weighted by Crippen LogP contribution is -2.39. The summed E-state index contributed by atoms with van der Waals surface area (Å²) < 4.78 is 1.78. The van der Waals surface area contributed by atoms with Gasteiger partial charge in [0, 0.05) is 12.6 Å². The molecule has 3 heterocycles. The van der Waals surface area contributed by atoms with Crippen LogP contribution in [0.15, 0.2) is 47.8 Å². The Morgan fingerprint density at radius 2 is 2.00 bits per heavy atom. The number of amides is 1. The number of rotatable bonds is 4. The first-order valence-corrected chi connectivity index (χ1v) is 9.90. The van der Waals surface area contributed by atoms with Crippen LogP contribution in [-0.4, -0.2) is 38.2 Å². The number of hydrogen-bond donors (Lipinski definition) is 0. The smallest absolute Gasteiger partial charge is 0.293 e. The maximum Gasteiger partial charge on any atom is 0.293 e. The van der Waals surface area contributed by atoms with Crippen LogP contribution in [0.25, 0.3) is 16.4 Å². The molecule has 6 heteroatoms.